The fourth-order valence-electron chi connectivity index (χ4n) is 3.10. The second kappa shape index (κ2) is 8.05. The highest BCUT2D eigenvalue weighted by Crippen LogP contribution is 2.24. The molecule has 6 nitrogen and oxygen atoms in total. The Morgan fingerprint density at radius 2 is 1.93 bits per heavy atom. The number of aliphatic hydroxyl groups is 1. The Morgan fingerprint density at radius 3 is 2.63 bits per heavy atom. The summed E-state index contributed by atoms with van der Waals surface area (Å²) in [6.07, 6.45) is 0.322. The van der Waals surface area contributed by atoms with E-state index < -0.39 is 11.7 Å². The minimum absolute atomic E-state index is 0.0214. The molecule has 0 aliphatic carbocycles. The van der Waals surface area contributed by atoms with E-state index in [4.69, 9.17) is 4.42 Å². The average molecular weight is 367 g/mol. The molecule has 3 N–H and O–H groups in total. The van der Waals surface area contributed by atoms with Crippen LogP contribution in [0.1, 0.15) is 29.2 Å². The maximum absolute atomic E-state index is 12.3. The minimum Gasteiger partial charge on any atom is -0.508 e. The first-order chi connectivity index (χ1) is 13.0. The monoisotopic (exact) mass is 367 g/mol. The van der Waals surface area contributed by atoms with E-state index in [0.717, 1.165) is 16.5 Å². The van der Waals surface area contributed by atoms with Crippen molar-refractivity contribution in [2.45, 2.75) is 25.8 Å². The van der Waals surface area contributed by atoms with Gasteiger partial charge in [-0.3, -0.25) is 4.79 Å². The molecule has 3 aromatic rings. The van der Waals surface area contributed by atoms with Gasteiger partial charge in [-0.05, 0) is 36.6 Å². The summed E-state index contributed by atoms with van der Waals surface area (Å²) < 4.78 is 5.27. The summed E-state index contributed by atoms with van der Waals surface area (Å²) in [6.45, 7) is 1.58. The Balaban J connectivity index is 1.73. The molecule has 140 valence electrons. The topological polar surface area (TPSA) is 99.8 Å². The summed E-state index contributed by atoms with van der Waals surface area (Å²) in [7, 11) is 0. The molecule has 0 bridgehead atoms. The lowest BCUT2D eigenvalue weighted by Crippen LogP contribution is -2.31. The van der Waals surface area contributed by atoms with Crippen molar-refractivity contribution >= 4 is 16.9 Å². The van der Waals surface area contributed by atoms with Crippen LogP contribution in [0.5, 0.6) is 5.75 Å². The number of aliphatic hydroxyl groups excluding tert-OH is 1. The number of benzene rings is 2. The van der Waals surface area contributed by atoms with Crippen molar-refractivity contribution in [1.29, 1.82) is 0 Å². The number of phenolic OH excluding ortho intramolecular Hbond substituents is 1. The standard InChI is InChI=1S/C21H21NO5/c1-13-16-8-7-15(24)11-19(16)27-21(26)17(13)9-10-20(25)22-18(12-23)14-5-3-2-4-6-14/h2-8,11,18,23-24H,9-10,12H2,1H3,(H,22,25)/t18-/m0/s1. The number of rotatable bonds is 6. The molecule has 0 aliphatic rings. The fraction of sp³-hybridized carbons (Fsp3) is 0.238. The smallest absolute Gasteiger partial charge is 0.339 e. The SMILES string of the molecule is Cc1c(CCC(=O)N[C@@H](CO)c2ccccc2)c(=O)oc2cc(O)ccc12. The minimum atomic E-state index is -0.514. The zero-order valence-electron chi connectivity index (χ0n) is 14.9. The lowest BCUT2D eigenvalue weighted by Gasteiger charge is -2.17. The fourth-order valence-corrected chi connectivity index (χ4v) is 3.10. The van der Waals surface area contributed by atoms with Crippen LogP contribution in [0.4, 0.5) is 0 Å². The molecule has 1 atom stereocenters. The van der Waals surface area contributed by atoms with Crippen LogP contribution in [0, 0.1) is 6.92 Å². The van der Waals surface area contributed by atoms with Crippen LogP contribution in [0.2, 0.25) is 0 Å². The average Bonchev–Trinajstić information content (AvgIpc) is 2.66. The number of fused-ring (bicyclic) bond motifs is 1. The Hall–Kier alpha value is -3.12. The van der Waals surface area contributed by atoms with Crippen molar-refractivity contribution in [3.05, 3.63) is 75.6 Å². The summed E-state index contributed by atoms with van der Waals surface area (Å²) in [4.78, 5) is 24.6. The van der Waals surface area contributed by atoms with Gasteiger partial charge in [0.1, 0.15) is 11.3 Å². The molecule has 1 heterocycles. The Labute approximate surface area is 156 Å². The first kappa shape index (κ1) is 18.7. The Morgan fingerprint density at radius 1 is 1.19 bits per heavy atom. The number of hydrogen-bond donors (Lipinski definition) is 3. The van der Waals surface area contributed by atoms with Gasteiger partial charge in [-0.25, -0.2) is 4.79 Å². The molecule has 27 heavy (non-hydrogen) atoms. The van der Waals surface area contributed by atoms with Gasteiger partial charge in [0.15, 0.2) is 0 Å². The van der Waals surface area contributed by atoms with Crippen LogP contribution in [0.25, 0.3) is 11.0 Å². The van der Waals surface area contributed by atoms with Crippen molar-refractivity contribution in [2.75, 3.05) is 6.61 Å². The molecule has 0 saturated heterocycles. The Kier molecular flexibility index (Phi) is 5.57. The second-order valence-corrected chi connectivity index (χ2v) is 6.39. The number of aryl methyl sites for hydroxylation is 1. The van der Waals surface area contributed by atoms with Crippen molar-refractivity contribution in [3.63, 3.8) is 0 Å². The van der Waals surface area contributed by atoms with E-state index in [0.29, 0.717) is 11.1 Å². The molecule has 0 saturated carbocycles. The largest absolute Gasteiger partial charge is 0.508 e. The van der Waals surface area contributed by atoms with Gasteiger partial charge in [0, 0.05) is 23.4 Å². The second-order valence-electron chi connectivity index (χ2n) is 6.39. The van der Waals surface area contributed by atoms with Gasteiger partial charge in [0.05, 0.1) is 12.6 Å². The number of phenols is 1. The third-order valence-electron chi connectivity index (χ3n) is 4.59. The maximum Gasteiger partial charge on any atom is 0.339 e. The summed E-state index contributed by atoms with van der Waals surface area (Å²) in [5.74, 6) is -0.240. The zero-order valence-corrected chi connectivity index (χ0v) is 14.9. The highest BCUT2D eigenvalue weighted by atomic mass is 16.4. The summed E-state index contributed by atoms with van der Waals surface area (Å²) in [5.41, 5.74) is 1.78. The number of carbonyl (C=O) groups is 1. The molecule has 3 rings (SSSR count). The molecule has 0 aliphatic heterocycles. The maximum atomic E-state index is 12.3. The summed E-state index contributed by atoms with van der Waals surface area (Å²) >= 11 is 0. The van der Waals surface area contributed by atoms with Crippen LogP contribution >= 0.6 is 0 Å². The van der Waals surface area contributed by atoms with E-state index in [1.807, 2.05) is 30.3 Å². The van der Waals surface area contributed by atoms with Gasteiger partial charge >= 0.3 is 5.63 Å². The molecule has 0 fully saturated rings. The van der Waals surface area contributed by atoms with E-state index in [1.165, 1.54) is 12.1 Å². The normalized spacial score (nSPS) is 12.1. The predicted molar refractivity (Wildman–Crippen MR) is 102 cm³/mol. The van der Waals surface area contributed by atoms with Gasteiger partial charge in [-0.1, -0.05) is 30.3 Å². The highest BCUT2D eigenvalue weighted by Gasteiger charge is 2.16. The first-order valence-corrected chi connectivity index (χ1v) is 8.70. The molecule has 2 aromatic carbocycles. The predicted octanol–water partition coefficient (Wildman–Crippen LogP) is 2.59. The number of amides is 1. The van der Waals surface area contributed by atoms with Crippen LogP contribution < -0.4 is 10.9 Å². The van der Waals surface area contributed by atoms with Gasteiger partial charge in [-0.2, -0.15) is 0 Å². The molecular weight excluding hydrogens is 346 g/mol. The molecule has 0 unspecified atom stereocenters. The van der Waals surface area contributed by atoms with Crippen molar-refractivity contribution < 1.29 is 19.4 Å². The highest BCUT2D eigenvalue weighted by molar-refractivity contribution is 5.82. The molecule has 1 amide bonds. The summed E-state index contributed by atoms with van der Waals surface area (Å²) in [5, 5.41) is 22.6. The number of carbonyl (C=O) groups excluding carboxylic acids is 1. The first-order valence-electron chi connectivity index (χ1n) is 8.70. The van der Waals surface area contributed by atoms with Crippen molar-refractivity contribution in [3.8, 4) is 5.75 Å². The van der Waals surface area contributed by atoms with Crippen molar-refractivity contribution in [1.82, 2.24) is 5.32 Å². The van der Waals surface area contributed by atoms with E-state index in [1.54, 1.807) is 13.0 Å². The van der Waals surface area contributed by atoms with Gasteiger partial charge in [0.25, 0.3) is 0 Å². The van der Waals surface area contributed by atoms with Crippen LogP contribution in [-0.4, -0.2) is 22.7 Å². The number of hydrogen-bond acceptors (Lipinski definition) is 5. The number of aromatic hydroxyl groups is 1. The van der Waals surface area contributed by atoms with E-state index >= 15 is 0 Å². The molecule has 1 aromatic heterocycles. The molecule has 6 heteroatoms. The van der Waals surface area contributed by atoms with Gasteiger partial charge < -0.3 is 19.9 Å². The van der Waals surface area contributed by atoms with E-state index in [9.17, 15) is 19.8 Å². The van der Waals surface area contributed by atoms with Crippen LogP contribution in [0.15, 0.2) is 57.7 Å². The van der Waals surface area contributed by atoms with E-state index in [-0.39, 0.29) is 31.1 Å². The van der Waals surface area contributed by atoms with Gasteiger partial charge in [-0.15, -0.1) is 0 Å². The lowest BCUT2D eigenvalue weighted by molar-refractivity contribution is -0.122. The molecular formula is C21H21NO5. The number of nitrogens with one attached hydrogen (secondary N) is 1. The van der Waals surface area contributed by atoms with E-state index in [2.05, 4.69) is 5.32 Å². The summed E-state index contributed by atoms with van der Waals surface area (Å²) in [6, 6.07) is 13.3. The van der Waals surface area contributed by atoms with Gasteiger partial charge in [0.2, 0.25) is 5.91 Å². The van der Waals surface area contributed by atoms with Crippen LogP contribution in [-0.2, 0) is 11.2 Å². The molecule has 0 spiro atoms. The van der Waals surface area contributed by atoms with Crippen LogP contribution in [0.3, 0.4) is 0 Å². The molecule has 0 radical (unpaired) electrons. The Bertz CT molecular complexity index is 1010. The zero-order chi connectivity index (χ0) is 19.4. The lowest BCUT2D eigenvalue weighted by atomic mass is 10.0. The van der Waals surface area contributed by atoms with Crippen molar-refractivity contribution in [2.24, 2.45) is 0 Å². The quantitative estimate of drug-likeness (QED) is 0.582. The third kappa shape index (κ3) is 4.17. The third-order valence-corrected chi connectivity index (χ3v) is 4.59.